The van der Waals surface area contributed by atoms with E-state index in [9.17, 15) is 0 Å². The van der Waals surface area contributed by atoms with Crippen molar-refractivity contribution in [3.63, 3.8) is 0 Å². The van der Waals surface area contributed by atoms with E-state index in [4.69, 9.17) is 0 Å². The van der Waals surface area contributed by atoms with Crippen LogP contribution in [-0.4, -0.2) is 6.16 Å². The smallest absolute Gasteiger partial charge is 0.0190 e. The molecule has 0 aliphatic heterocycles. The average Bonchev–Trinajstić information content (AvgIpc) is 2.70. The summed E-state index contributed by atoms with van der Waals surface area (Å²) in [6, 6.07) is 32.1. The van der Waals surface area contributed by atoms with Crippen LogP contribution in [-0.2, 0) is 0 Å². The Bertz CT molecular complexity index is 765. The van der Waals surface area contributed by atoms with Gasteiger partial charge in [-0.1, -0.05) is 110 Å². The maximum absolute atomic E-state index is 4.18. The molecule has 3 aromatic carbocycles. The summed E-state index contributed by atoms with van der Waals surface area (Å²) in [5.74, 6) is 0. The Kier molecular flexibility index (Phi) is 6.37. The molecule has 0 unspecified atom stereocenters. The van der Waals surface area contributed by atoms with Crippen LogP contribution >= 0.6 is 7.92 Å². The highest BCUT2D eigenvalue weighted by molar-refractivity contribution is 7.73. The molecule has 0 amide bonds. The highest BCUT2D eigenvalue weighted by atomic mass is 31.1. The van der Waals surface area contributed by atoms with Crippen LogP contribution in [0.4, 0.5) is 0 Å². The topological polar surface area (TPSA) is 0 Å². The maximum Gasteiger partial charge on any atom is -0.0190 e. The van der Waals surface area contributed by atoms with Crippen LogP contribution in [0.2, 0.25) is 0 Å². The van der Waals surface area contributed by atoms with Gasteiger partial charge in [-0.15, -0.1) is 0 Å². The molecule has 0 radical (unpaired) electrons. The van der Waals surface area contributed by atoms with Gasteiger partial charge in [0.15, 0.2) is 0 Å². The van der Waals surface area contributed by atoms with Gasteiger partial charge in [0.25, 0.3) is 0 Å². The fraction of sp³-hybridized carbons (Fsp3) is 0.0833. The zero-order valence-electron chi connectivity index (χ0n) is 14.4. The third-order valence-corrected chi connectivity index (χ3v) is 6.67. The molecule has 0 nitrogen and oxygen atoms in total. The van der Waals surface area contributed by atoms with Crippen molar-refractivity contribution >= 4 is 24.1 Å². The molecule has 124 valence electrons. The molecule has 3 aromatic rings. The second-order valence-electron chi connectivity index (χ2n) is 5.91. The molecule has 0 spiro atoms. The van der Waals surface area contributed by atoms with Gasteiger partial charge in [-0.2, -0.15) is 0 Å². The Balaban J connectivity index is 1.67. The molecule has 25 heavy (non-hydrogen) atoms. The van der Waals surface area contributed by atoms with Gasteiger partial charge < -0.3 is 0 Å². The molecule has 3 rings (SSSR count). The van der Waals surface area contributed by atoms with E-state index < -0.39 is 0 Å². The quantitative estimate of drug-likeness (QED) is 0.377. The van der Waals surface area contributed by atoms with Crippen LogP contribution in [0.3, 0.4) is 0 Å². The predicted octanol–water partition coefficient (Wildman–Crippen LogP) is 5.78. The summed E-state index contributed by atoms with van der Waals surface area (Å²) in [6.07, 6.45) is 6.62. The first-order chi connectivity index (χ1) is 12.3. The first-order valence-corrected chi connectivity index (χ1v) is 10.2. The maximum atomic E-state index is 4.18. The molecule has 0 atom stereocenters. The summed E-state index contributed by atoms with van der Waals surface area (Å²) >= 11 is 0. The Morgan fingerprint density at radius 3 is 1.72 bits per heavy atom. The zero-order chi connectivity index (χ0) is 17.3. The van der Waals surface area contributed by atoms with Crippen molar-refractivity contribution in [1.82, 2.24) is 0 Å². The SMILES string of the molecule is C=C(/C=C\CCP(c1ccccc1)c1ccccc1)c1ccccc1. The highest BCUT2D eigenvalue weighted by Crippen LogP contribution is 2.34. The molecular weight excluding hydrogens is 319 g/mol. The summed E-state index contributed by atoms with van der Waals surface area (Å²) < 4.78 is 0. The summed E-state index contributed by atoms with van der Waals surface area (Å²) in [6.45, 7) is 4.18. The van der Waals surface area contributed by atoms with Crippen molar-refractivity contribution in [3.8, 4) is 0 Å². The van der Waals surface area contributed by atoms with Crippen molar-refractivity contribution in [2.24, 2.45) is 0 Å². The molecule has 0 aromatic heterocycles. The molecule has 0 saturated heterocycles. The number of hydrogen-bond acceptors (Lipinski definition) is 0. The van der Waals surface area contributed by atoms with Crippen LogP contribution in [0.25, 0.3) is 5.57 Å². The minimum Gasteiger partial charge on any atom is -0.0912 e. The van der Waals surface area contributed by atoms with E-state index in [1.165, 1.54) is 16.2 Å². The molecule has 0 aliphatic carbocycles. The van der Waals surface area contributed by atoms with Crippen molar-refractivity contribution in [2.75, 3.05) is 6.16 Å². The van der Waals surface area contributed by atoms with Gasteiger partial charge in [-0.25, -0.2) is 0 Å². The van der Waals surface area contributed by atoms with Gasteiger partial charge in [0, 0.05) is 0 Å². The van der Waals surface area contributed by atoms with Crippen molar-refractivity contribution in [2.45, 2.75) is 6.42 Å². The second-order valence-corrected chi connectivity index (χ2v) is 8.24. The van der Waals surface area contributed by atoms with E-state index in [0.29, 0.717) is 0 Å². The molecule has 0 saturated carbocycles. The van der Waals surface area contributed by atoms with Gasteiger partial charge >= 0.3 is 0 Å². The van der Waals surface area contributed by atoms with Gasteiger partial charge in [0.05, 0.1) is 0 Å². The summed E-state index contributed by atoms with van der Waals surface area (Å²) in [5.41, 5.74) is 2.26. The van der Waals surface area contributed by atoms with Crippen molar-refractivity contribution in [3.05, 3.63) is 115 Å². The first kappa shape index (κ1) is 17.4. The van der Waals surface area contributed by atoms with Gasteiger partial charge in [0.2, 0.25) is 0 Å². The van der Waals surface area contributed by atoms with Gasteiger partial charge in [-0.3, -0.25) is 0 Å². The first-order valence-electron chi connectivity index (χ1n) is 8.63. The number of hydrogen-bond donors (Lipinski definition) is 0. The lowest BCUT2D eigenvalue weighted by Gasteiger charge is -2.17. The van der Waals surface area contributed by atoms with E-state index in [0.717, 1.165) is 18.2 Å². The minimum atomic E-state index is -0.317. The van der Waals surface area contributed by atoms with Crippen molar-refractivity contribution in [1.29, 1.82) is 0 Å². The molecule has 0 fully saturated rings. The van der Waals surface area contributed by atoms with E-state index in [1.807, 2.05) is 6.07 Å². The van der Waals surface area contributed by atoms with Gasteiger partial charge in [-0.05, 0) is 42.2 Å². The lowest BCUT2D eigenvalue weighted by atomic mass is 10.1. The Morgan fingerprint density at radius 2 is 1.20 bits per heavy atom. The third-order valence-electron chi connectivity index (χ3n) is 4.12. The number of rotatable bonds is 7. The molecular formula is C24H23P. The molecule has 0 N–H and O–H groups in total. The monoisotopic (exact) mass is 342 g/mol. The summed E-state index contributed by atoms with van der Waals surface area (Å²) in [7, 11) is -0.317. The molecule has 0 heterocycles. The van der Waals surface area contributed by atoms with Crippen LogP contribution in [0, 0.1) is 0 Å². The number of allylic oxidation sites excluding steroid dienone is 3. The Hall–Kier alpha value is -2.43. The average molecular weight is 342 g/mol. The Labute approximate surface area is 152 Å². The predicted molar refractivity (Wildman–Crippen MR) is 113 cm³/mol. The Morgan fingerprint density at radius 1 is 0.720 bits per heavy atom. The van der Waals surface area contributed by atoms with Crippen LogP contribution < -0.4 is 10.6 Å². The van der Waals surface area contributed by atoms with E-state index >= 15 is 0 Å². The minimum absolute atomic E-state index is 0.317. The number of benzene rings is 3. The summed E-state index contributed by atoms with van der Waals surface area (Å²) in [4.78, 5) is 0. The second kappa shape index (κ2) is 9.16. The normalized spacial score (nSPS) is 11.1. The van der Waals surface area contributed by atoms with E-state index in [-0.39, 0.29) is 7.92 Å². The van der Waals surface area contributed by atoms with Crippen molar-refractivity contribution < 1.29 is 0 Å². The van der Waals surface area contributed by atoms with Crippen LogP contribution in [0.5, 0.6) is 0 Å². The fourth-order valence-electron chi connectivity index (χ4n) is 2.80. The molecule has 1 heteroatoms. The van der Waals surface area contributed by atoms with E-state index in [1.54, 1.807) is 0 Å². The van der Waals surface area contributed by atoms with Gasteiger partial charge in [0.1, 0.15) is 0 Å². The molecule has 0 bridgehead atoms. The third kappa shape index (κ3) is 5.02. The molecule has 0 aliphatic rings. The largest absolute Gasteiger partial charge is 0.0912 e. The van der Waals surface area contributed by atoms with Crippen LogP contribution in [0.1, 0.15) is 12.0 Å². The lowest BCUT2D eigenvalue weighted by molar-refractivity contribution is 1.24. The fourth-order valence-corrected chi connectivity index (χ4v) is 5.09. The lowest BCUT2D eigenvalue weighted by Crippen LogP contribution is -2.13. The summed E-state index contributed by atoms with van der Waals surface area (Å²) in [5, 5.41) is 2.89. The highest BCUT2D eigenvalue weighted by Gasteiger charge is 2.11. The van der Waals surface area contributed by atoms with Crippen LogP contribution in [0.15, 0.2) is 110 Å². The van der Waals surface area contributed by atoms with E-state index in [2.05, 4.69) is 104 Å². The standard InChI is InChI=1S/C24H23P/c1-21(22-14-5-2-6-15-22)13-11-12-20-25(23-16-7-3-8-17-23)24-18-9-4-10-19-24/h2-11,13-19H,1,12,20H2/b13-11-. The zero-order valence-corrected chi connectivity index (χ0v) is 15.3.